The highest BCUT2D eigenvalue weighted by atomic mass is 35.5. The van der Waals surface area contributed by atoms with Crippen LogP contribution >= 0.6 is 24.2 Å². The molecule has 3 rings (SSSR count). The van der Waals surface area contributed by atoms with Crippen molar-refractivity contribution >= 4 is 41.7 Å². The molecule has 1 aliphatic heterocycles. The topological polar surface area (TPSA) is 70.2 Å². The second kappa shape index (κ2) is 9.73. The summed E-state index contributed by atoms with van der Waals surface area (Å²) in [6, 6.07) is 12.4. The third-order valence-corrected chi connectivity index (χ3v) is 5.11. The lowest BCUT2D eigenvalue weighted by Gasteiger charge is -2.17. The quantitative estimate of drug-likeness (QED) is 0.708. The van der Waals surface area contributed by atoms with E-state index in [0.717, 1.165) is 17.2 Å². The summed E-state index contributed by atoms with van der Waals surface area (Å²) in [6.45, 7) is 1.92. The van der Waals surface area contributed by atoms with E-state index in [-0.39, 0.29) is 42.1 Å². The number of carbonyl (C=O) groups excluding carboxylic acids is 2. The van der Waals surface area contributed by atoms with E-state index < -0.39 is 0 Å². The largest absolute Gasteiger partial charge is 0.348 e. The van der Waals surface area contributed by atoms with E-state index >= 15 is 0 Å². The number of carbonyl (C=O) groups is 2. The van der Waals surface area contributed by atoms with E-state index in [2.05, 4.69) is 16.0 Å². The van der Waals surface area contributed by atoms with Crippen LogP contribution in [0.4, 0.5) is 10.1 Å². The van der Waals surface area contributed by atoms with Crippen LogP contribution in [0, 0.1) is 5.82 Å². The fourth-order valence-electron chi connectivity index (χ4n) is 2.62. The molecular weight excluding hydrogens is 389 g/mol. The first-order valence-corrected chi connectivity index (χ1v) is 9.47. The van der Waals surface area contributed by atoms with Crippen LogP contribution in [0.2, 0.25) is 0 Å². The molecule has 0 spiro atoms. The smallest absolute Gasteiger partial charge is 0.255 e. The van der Waals surface area contributed by atoms with Crippen molar-refractivity contribution in [3.8, 4) is 0 Å². The lowest BCUT2D eigenvalue weighted by molar-refractivity contribution is -0.123. The maximum absolute atomic E-state index is 12.9. The van der Waals surface area contributed by atoms with Gasteiger partial charge in [-0.25, -0.2) is 4.39 Å². The van der Waals surface area contributed by atoms with Gasteiger partial charge in [-0.3, -0.25) is 14.9 Å². The van der Waals surface area contributed by atoms with Crippen LogP contribution < -0.4 is 16.0 Å². The van der Waals surface area contributed by atoms with Gasteiger partial charge < -0.3 is 10.6 Å². The molecule has 2 amide bonds. The number of amides is 2. The first-order chi connectivity index (χ1) is 12.5. The number of rotatable bonds is 5. The Kier molecular flexibility index (Phi) is 7.65. The minimum absolute atomic E-state index is 0. The van der Waals surface area contributed by atoms with Gasteiger partial charge in [0, 0.05) is 22.9 Å². The van der Waals surface area contributed by atoms with E-state index in [1.54, 1.807) is 23.9 Å². The van der Waals surface area contributed by atoms with Crippen molar-refractivity contribution in [3.63, 3.8) is 0 Å². The van der Waals surface area contributed by atoms with E-state index in [1.165, 1.54) is 24.3 Å². The zero-order chi connectivity index (χ0) is 18.5. The molecule has 2 aromatic carbocycles. The molecule has 144 valence electrons. The first kappa shape index (κ1) is 21.2. The average Bonchev–Trinajstić information content (AvgIpc) is 3.17. The number of anilines is 1. The number of hydrogen-bond donors (Lipinski definition) is 3. The van der Waals surface area contributed by atoms with Gasteiger partial charge in [0.2, 0.25) is 5.91 Å². The number of halogens is 2. The monoisotopic (exact) mass is 409 g/mol. The molecule has 5 nitrogen and oxygen atoms in total. The van der Waals surface area contributed by atoms with Gasteiger partial charge in [0.1, 0.15) is 5.82 Å². The standard InChI is InChI=1S/C19H20FN3O2S.ClH/c1-12(22-19(25)17-10-26-11-21-17)13-4-8-16(9-5-13)23-18(24)14-2-6-15(20)7-3-14;/h2-9,12,17,21H,10-11H2,1H3,(H,22,25)(H,23,24);1H. The zero-order valence-corrected chi connectivity index (χ0v) is 16.3. The van der Waals surface area contributed by atoms with Crippen LogP contribution in [-0.2, 0) is 4.79 Å². The fourth-order valence-corrected chi connectivity index (χ4v) is 3.56. The number of benzene rings is 2. The molecule has 2 atom stereocenters. The molecule has 0 saturated carbocycles. The Bertz CT molecular complexity index is 781. The summed E-state index contributed by atoms with van der Waals surface area (Å²) in [7, 11) is 0. The summed E-state index contributed by atoms with van der Waals surface area (Å²) in [4.78, 5) is 24.3. The van der Waals surface area contributed by atoms with Crippen LogP contribution in [0.1, 0.15) is 28.9 Å². The van der Waals surface area contributed by atoms with Crippen LogP contribution in [0.5, 0.6) is 0 Å². The van der Waals surface area contributed by atoms with E-state index in [9.17, 15) is 14.0 Å². The number of hydrogen-bond acceptors (Lipinski definition) is 4. The molecule has 1 fully saturated rings. The summed E-state index contributed by atoms with van der Waals surface area (Å²) >= 11 is 1.71. The van der Waals surface area contributed by atoms with E-state index in [4.69, 9.17) is 0 Å². The van der Waals surface area contributed by atoms with Crippen molar-refractivity contribution in [2.45, 2.75) is 19.0 Å². The Morgan fingerprint density at radius 2 is 1.81 bits per heavy atom. The van der Waals surface area contributed by atoms with Crippen molar-refractivity contribution in [1.29, 1.82) is 0 Å². The third-order valence-electron chi connectivity index (χ3n) is 4.17. The predicted octanol–water partition coefficient (Wildman–Crippen LogP) is 3.34. The maximum atomic E-state index is 12.9. The Balaban J connectivity index is 0.00000261. The molecule has 1 saturated heterocycles. The second-order valence-corrected chi connectivity index (χ2v) is 7.12. The van der Waals surface area contributed by atoms with Gasteiger partial charge in [-0.2, -0.15) is 0 Å². The van der Waals surface area contributed by atoms with Crippen molar-refractivity contribution in [2.75, 3.05) is 16.9 Å². The number of nitrogens with one attached hydrogen (secondary N) is 3. The van der Waals surface area contributed by atoms with Gasteiger partial charge in [-0.05, 0) is 48.9 Å². The van der Waals surface area contributed by atoms with Crippen molar-refractivity contribution in [2.24, 2.45) is 0 Å². The summed E-state index contributed by atoms with van der Waals surface area (Å²) in [5.74, 6) is 0.899. The third kappa shape index (κ3) is 5.69. The Labute approximate surface area is 167 Å². The Morgan fingerprint density at radius 1 is 1.15 bits per heavy atom. The Morgan fingerprint density at radius 3 is 2.41 bits per heavy atom. The highest BCUT2D eigenvalue weighted by Crippen LogP contribution is 2.18. The zero-order valence-electron chi connectivity index (χ0n) is 14.7. The lowest BCUT2D eigenvalue weighted by atomic mass is 10.1. The van der Waals surface area contributed by atoms with E-state index in [0.29, 0.717) is 11.3 Å². The SMILES string of the molecule is CC(NC(=O)C1CSCN1)c1ccc(NC(=O)c2ccc(F)cc2)cc1.Cl. The Hall–Kier alpha value is -2.09. The van der Waals surface area contributed by atoms with Gasteiger partial charge in [0.05, 0.1) is 12.1 Å². The molecule has 0 bridgehead atoms. The van der Waals surface area contributed by atoms with Crippen LogP contribution in [0.25, 0.3) is 0 Å². The molecule has 0 radical (unpaired) electrons. The van der Waals surface area contributed by atoms with Crippen molar-refractivity contribution < 1.29 is 14.0 Å². The maximum Gasteiger partial charge on any atom is 0.255 e. The molecular formula is C19H21ClFN3O2S. The van der Waals surface area contributed by atoms with Gasteiger partial charge in [0.15, 0.2) is 0 Å². The molecule has 0 aliphatic carbocycles. The second-order valence-electron chi connectivity index (χ2n) is 6.09. The highest BCUT2D eigenvalue weighted by molar-refractivity contribution is 7.99. The van der Waals surface area contributed by atoms with Crippen LogP contribution in [0.15, 0.2) is 48.5 Å². The lowest BCUT2D eigenvalue weighted by Crippen LogP contribution is -2.42. The summed E-state index contributed by atoms with van der Waals surface area (Å²) in [5.41, 5.74) is 1.97. The predicted molar refractivity (Wildman–Crippen MR) is 109 cm³/mol. The first-order valence-electron chi connectivity index (χ1n) is 8.31. The molecule has 1 heterocycles. The van der Waals surface area contributed by atoms with Crippen molar-refractivity contribution in [3.05, 3.63) is 65.5 Å². The molecule has 0 aromatic heterocycles. The van der Waals surface area contributed by atoms with Crippen LogP contribution in [0.3, 0.4) is 0 Å². The molecule has 8 heteroatoms. The van der Waals surface area contributed by atoms with Gasteiger partial charge in [-0.15, -0.1) is 24.2 Å². The van der Waals surface area contributed by atoms with Crippen molar-refractivity contribution in [1.82, 2.24) is 10.6 Å². The molecule has 3 N–H and O–H groups in total. The van der Waals surface area contributed by atoms with Crippen LogP contribution in [-0.4, -0.2) is 29.5 Å². The normalized spacial score (nSPS) is 16.9. The summed E-state index contributed by atoms with van der Waals surface area (Å²) in [5, 5.41) is 8.90. The van der Waals surface area contributed by atoms with E-state index in [1.807, 2.05) is 19.1 Å². The minimum atomic E-state index is -0.381. The highest BCUT2D eigenvalue weighted by Gasteiger charge is 2.23. The minimum Gasteiger partial charge on any atom is -0.348 e. The summed E-state index contributed by atoms with van der Waals surface area (Å²) in [6.07, 6.45) is 0. The average molecular weight is 410 g/mol. The molecule has 1 aliphatic rings. The fraction of sp³-hybridized carbons (Fsp3) is 0.263. The number of thioether (sulfide) groups is 1. The molecule has 2 unspecified atom stereocenters. The van der Waals surface area contributed by atoms with Gasteiger partial charge >= 0.3 is 0 Å². The molecule has 2 aromatic rings. The van der Waals surface area contributed by atoms with Gasteiger partial charge in [-0.1, -0.05) is 12.1 Å². The summed E-state index contributed by atoms with van der Waals surface area (Å²) < 4.78 is 12.9. The molecule has 27 heavy (non-hydrogen) atoms. The van der Waals surface area contributed by atoms with Gasteiger partial charge in [0.25, 0.3) is 5.91 Å².